The smallest absolute Gasteiger partial charge is 0.164 e. The zero-order valence-electron chi connectivity index (χ0n) is 35.9. The van der Waals surface area contributed by atoms with Gasteiger partial charge in [0.2, 0.25) is 0 Å². The fourth-order valence-electron chi connectivity index (χ4n) is 9.80. The van der Waals surface area contributed by atoms with Crippen LogP contribution in [0.15, 0.2) is 217 Å². The van der Waals surface area contributed by atoms with E-state index in [2.05, 4.69) is 127 Å². The van der Waals surface area contributed by atoms with Crippen molar-refractivity contribution in [3.63, 3.8) is 0 Å². The van der Waals surface area contributed by atoms with E-state index in [0.717, 1.165) is 115 Å². The van der Waals surface area contributed by atoms with Crippen LogP contribution in [0.25, 0.3) is 133 Å². The topological polar surface area (TPSA) is 88.5 Å². The van der Waals surface area contributed by atoms with E-state index < -0.39 is 0 Å². The number of nitrogens with zero attached hydrogens (tertiary/aromatic N) is 5. The quantitative estimate of drug-likeness (QED) is 0.155. The number of aromatic nitrogens is 4. The Bertz CT molecular complexity index is 4170. The normalized spacial score (nSPS) is 11.6. The molecule has 6 nitrogen and oxygen atoms in total. The molecule has 0 aliphatic rings. The molecule has 0 unspecified atom stereocenters. The summed E-state index contributed by atoms with van der Waals surface area (Å²) in [6.45, 7) is 0. The van der Waals surface area contributed by atoms with E-state index >= 15 is 0 Å². The van der Waals surface area contributed by atoms with Gasteiger partial charge in [0.25, 0.3) is 0 Å². The first-order valence-electron chi connectivity index (χ1n) is 22.2. The first kappa shape index (κ1) is 38.2. The highest BCUT2D eigenvalue weighted by Crippen LogP contribution is 2.43. The third kappa shape index (κ3) is 6.41. The SMILES string of the molecule is N#Cc1ccc(-c2ccc(-c3cc4c5ccccc5c(-c5cccc(-c6nc(-c7ccccc7)nc(-c7ccc8c(c7)oc7ccccc78)n6)c5)cc4c4cccnc34)cc2)c2ccccc12. The first-order chi connectivity index (χ1) is 33.1. The van der Waals surface area contributed by atoms with Gasteiger partial charge in [-0.2, -0.15) is 5.26 Å². The van der Waals surface area contributed by atoms with Gasteiger partial charge in [-0.3, -0.25) is 4.98 Å². The van der Waals surface area contributed by atoms with Crippen LogP contribution >= 0.6 is 0 Å². The Kier molecular flexibility index (Phi) is 8.80. The lowest BCUT2D eigenvalue weighted by Crippen LogP contribution is -2.00. The minimum absolute atomic E-state index is 0.569. The van der Waals surface area contributed by atoms with Crippen molar-refractivity contribution < 1.29 is 4.42 Å². The molecule has 3 aromatic heterocycles. The van der Waals surface area contributed by atoms with Crippen molar-refractivity contribution >= 4 is 65.2 Å². The van der Waals surface area contributed by atoms with Crippen LogP contribution in [0.3, 0.4) is 0 Å². The molecular formula is C61H35N5O. The summed E-state index contributed by atoms with van der Waals surface area (Å²) in [4.78, 5) is 20.3. The number of hydrogen-bond acceptors (Lipinski definition) is 6. The Morgan fingerprint density at radius 3 is 1.66 bits per heavy atom. The third-order valence-corrected chi connectivity index (χ3v) is 13.0. The van der Waals surface area contributed by atoms with Gasteiger partial charge in [0.05, 0.1) is 17.1 Å². The van der Waals surface area contributed by atoms with Crippen molar-refractivity contribution in [1.82, 2.24) is 19.9 Å². The molecule has 6 heteroatoms. The molecule has 0 fully saturated rings. The molecule has 67 heavy (non-hydrogen) atoms. The molecule has 0 spiro atoms. The van der Waals surface area contributed by atoms with Crippen molar-refractivity contribution in [3.8, 4) is 73.6 Å². The standard InChI is InChI=1S/C61H35N5O/c62-36-43-28-29-45(46-17-5-4-16-44(43)46)37-23-25-38(26-24-37)53-35-54-48-19-7-6-18-47(48)52(34-55(54)51-21-11-31-63-58(51)53)40-14-10-15-41(32-40)60-64-59(39-12-2-1-3-13-39)65-61(66-60)42-27-30-50-49-20-8-9-22-56(49)67-57(50)33-42/h1-35H. The number of pyridine rings is 1. The number of fused-ring (bicyclic) bond motifs is 9. The molecule has 13 aromatic rings. The van der Waals surface area contributed by atoms with Gasteiger partial charge in [0.1, 0.15) is 11.2 Å². The minimum Gasteiger partial charge on any atom is -0.456 e. The van der Waals surface area contributed by atoms with Crippen molar-refractivity contribution in [2.24, 2.45) is 0 Å². The molecule has 310 valence electrons. The van der Waals surface area contributed by atoms with Crippen LogP contribution in [0.1, 0.15) is 5.56 Å². The van der Waals surface area contributed by atoms with Crippen molar-refractivity contribution in [1.29, 1.82) is 5.26 Å². The largest absolute Gasteiger partial charge is 0.456 e. The summed E-state index contributed by atoms with van der Waals surface area (Å²) in [7, 11) is 0. The predicted molar refractivity (Wildman–Crippen MR) is 272 cm³/mol. The Hall–Kier alpha value is -9.31. The summed E-state index contributed by atoms with van der Waals surface area (Å²) >= 11 is 0. The highest BCUT2D eigenvalue weighted by Gasteiger charge is 2.19. The monoisotopic (exact) mass is 853 g/mol. The molecular weight excluding hydrogens is 819 g/mol. The van der Waals surface area contributed by atoms with E-state index in [1.165, 1.54) is 0 Å². The van der Waals surface area contributed by atoms with Gasteiger partial charge >= 0.3 is 0 Å². The van der Waals surface area contributed by atoms with Crippen molar-refractivity contribution in [2.45, 2.75) is 0 Å². The molecule has 0 amide bonds. The predicted octanol–water partition coefficient (Wildman–Crippen LogP) is 15.7. The average Bonchev–Trinajstić information content (AvgIpc) is 3.78. The van der Waals surface area contributed by atoms with E-state index in [0.29, 0.717) is 23.0 Å². The zero-order valence-corrected chi connectivity index (χ0v) is 35.9. The summed E-state index contributed by atoms with van der Waals surface area (Å²) in [5.74, 6) is 1.75. The van der Waals surface area contributed by atoms with Crippen LogP contribution in [0.2, 0.25) is 0 Å². The summed E-state index contributed by atoms with van der Waals surface area (Å²) < 4.78 is 6.29. The molecule has 0 saturated carbocycles. The molecule has 0 aliphatic carbocycles. The maximum absolute atomic E-state index is 9.77. The maximum Gasteiger partial charge on any atom is 0.164 e. The lowest BCUT2D eigenvalue weighted by atomic mass is 9.88. The van der Waals surface area contributed by atoms with Gasteiger partial charge < -0.3 is 4.42 Å². The molecule has 0 bridgehead atoms. The number of benzene rings is 10. The fraction of sp³-hybridized carbons (Fsp3) is 0. The fourth-order valence-corrected chi connectivity index (χ4v) is 9.80. The summed E-state index contributed by atoms with van der Waals surface area (Å²) in [6, 6.07) is 73.5. The van der Waals surface area contributed by atoms with Gasteiger partial charge in [-0.15, -0.1) is 0 Å². The molecule has 0 aliphatic heterocycles. The number of para-hydroxylation sites is 1. The molecule has 10 aromatic carbocycles. The highest BCUT2D eigenvalue weighted by atomic mass is 16.3. The zero-order chi connectivity index (χ0) is 44.4. The molecule has 0 atom stereocenters. The van der Waals surface area contributed by atoms with Gasteiger partial charge in [-0.05, 0) is 103 Å². The van der Waals surface area contributed by atoms with Crippen LogP contribution in [0.4, 0.5) is 0 Å². The average molecular weight is 854 g/mol. The van der Waals surface area contributed by atoms with E-state index in [-0.39, 0.29) is 0 Å². The van der Waals surface area contributed by atoms with Crippen molar-refractivity contribution in [2.75, 3.05) is 0 Å². The lowest BCUT2D eigenvalue weighted by molar-refractivity contribution is 0.669. The molecule has 0 N–H and O–H groups in total. The van der Waals surface area contributed by atoms with E-state index in [1.54, 1.807) is 0 Å². The lowest BCUT2D eigenvalue weighted by Gasteiger charge is -2.16. The third-order valence-electron chi connectivity index (χ3n) is 13.0. The Balaban J connectivity index is 0.939. The van der Waals surface area contributed by atoms with Crippen LogP contribution in [0, 0.1) is 11.3 Å². The summed E-state index contributed by atoms with van der Waals surface area (Å²) in [6.07, 6.45) is 1.88. The second kappa shape index (κ2) is 15.4. The summed E-state index contributed by atoms with van der Waals surface area (Å²) in [5.41, 5.74) is 12.4. The highest BCUT2D eigenvalue weighted by molar-refractivity contribution is 6.23. The van der Waals surface area contributed by atoms with Crippen molar-refractivity contribution in [3.05, 3.63) is 218 Å². The molecule has 3 heterocycles. The Morgan fingerprint density at radius 1 is 0.328 bits per heavy atom. The maximum atomic E-state index is 9.77. The summed E-state index contributed by atoms with van der Waals surface area (Å²) in [5, 5.41) is 19.6. The van der Waals surface area contributed by atoms with Crippen LogP contribution < -0.4 is 0 Å². The molecule has 13 rings (SSSR count). The van der Waals surface area contributed by atoms with Crippen LogP contribution in [0.5, 0.6) is 0 Å². The Labute approximate surface area is 384 Å². The first-order valence-corrected chi connectivity index (χ1v) is 22.2. The van der Waals surface area contributed by atoms with Crippen LogP contribution in [-0.2, 0) is 0 Å². The number of furan rings is 1. The molecule has 0 radical (unpaired) electrons. The molecule has 0 saturated heterocycles. The van der Waals surface area contributed by atoms with Gasteiger partial charge in [-0.1, -0.05) is 158 Å². The van der Waals surface area contributed by atoms with E-state index in [1.807, 2.05) is 91.1 Å². The van der Waals surface area contributed by atoms with E-state index in [9.17, 15) is 5.26 Å². The second-order valence-corrected chi connectivity index (χ2v) is 16.8. The Morgan fingerprint density at radius 2 is 0.881 bits per heavy atom. The number of nitriles is 1. The second-order valence-electron chi connectivity index (χ2n) is 16.8. The van der Waals surface area contributed by atoms with Crippen LogP contribution in [-0.4, -0.2) is 19.9 Å². The van der Waals surface area contributed by atoms with Gasteiger partial charge in [0.15, 0.2) is 17.5 Å². The minimum atomic E-state index is 0.569. The number of hydrogen-bond donors (Lipinski definition) is 0. The van der Waals surface area contributed by atoms with Gasteiger partial charge in [0, 0.05) is 50.0 Å². The van der Waals surface area contributed by atoms with Gasteiger partial charge in [-0.25, -0.2) is 15.0 Å². The number of rotatable bonds is 6. The van der Waals surface area contributed by atoms with E-state index in [4.69, 9.17) is 24.4 Å².